The van der Waals surface area contributed by atoms with E-state index in [1.54, 1.807) is 6.20 Å². The van der Waals surface area contributed by atoms with Crippen molar-refractivity contribution >= 4 is 22.3 Å². The molecule has 1 aromatic carbocycles. The van der Waals surface area contributed by atoms with Gasteiger partial charge in [0, 0.05) is 42.1 Å². The monoisotopic (exact) mass is 281 g/mol. The van der Waals surface area contributed by atoms with Crippen molar-refractivity contribution in [1.82, 2.24) is 14.8 Å². The lowest BCUT2D eigenvalue weighted by Gasteiger charge is -2.11. The molecule has 0 saturated carbocycles. The topological polar surface area (TPSA) is 68.8 Å². The van der Waals surface area contributed by atoms with E-state index in [9.17, 15) is 0 Å². The molecule has 2 aromatic heterocycles. The van der Waals surface area contributed by atoms with Crippen molar-refractivity contribution < 1.29 is 0 Å². The van der Waals surface area contributed by atoms with E-state index >= 15 is 0 Å². The van der Waals surface area contributed by atoms with Crippen LogP contribution < -0.4 is 11.1 Å². The molecule has 0 aliphatic carbocycles. The van der Waals surface area contributed by atoms with Crippen LogP contribution in [0, 0.1) is 13.8 Å². The second-order valence-corrected chi connectivity index (χ2v) is 5.23. The third kappa shape index (κ3) is 2.31. The van der Waals surface area contributed by atoms with Crippen LogP contribution in [0.3, 0.4) is 0 Å². The van der Waals surface area contributed by atoms with Crippen molar-refractivity contribution in [3.63, 3.8) is 0 Å². The van der Waals surface area contributed by atoms with Gasteiger partial charge in [0.15, 0.2) is 0 Å². The highest BCUT2D eigenvalue weighted by Crippen LogP contribution is 2.27. The molecule has 3 rings (SSSR count). The van der Waals surface area contributed by atoms with Gasteiger partial charge in [-0.15, -0.1) is 0 Å². The van der Waals surface area contributed by atoms with Gasteiger partial charge in [-0.1, -0.05) is 0 Å². The average molecular weight is 281 g/mol. The summed E-state index contributed by atoms with van der Waals surface area (Å²) in [6.45, 7) is 4.83. The van der Waals surface area contributed by atoms with Gasteiger partial charge in [0.25, 0.3) is 0 Å². The van der Waals surface area contributed by atoms with Crippen LogP contribution in [0.25, 0.3) is 10.9 Å². The van der Waals surface area contributed by atoms with Gasteiger partial charge in [-0.05, 0) is 38.1 Å². The van der Waals surface area contributed by atoms with E-state index in [2.05, 4.69) is 22.3 Å². The van der Waals surface area contributed by atoms with Crippen LogP contribution in [-0.2, 0) is 13.6 Å². The van der Waals surface area contributed by atoms with Gasteiger partial charge in [0.1, 0.15) is 0 Å². The summed E-state index contributed by atoms with van der Waals surface area (Å²) in [7, 11) is 1.96. The standard InChI is InChI=1S/C16H19N5/c1-10-13(11(2)21(3)20-10)9-19-15-7-6-14(17)12-5-4-8-18-16(12)15/h4-8,19H,9,17H2,1-3H3. The van der Waals surface area contributed by atoms with Crippen LogP contribution in [0.4, 0.5) is 11.4 Å². The summed E-state index contributed by atoms with van der Waals surface area (Å²) in [4.78, 5) is 4.44. The Morgan fingerprint density at radius 1 is 1.24 bits per heavy atom. The van der Waals surface area contributed by atoms with Crippen LogP contribution in [0.15, 0.2) is 30.5 Å². The molecule has 0 aliphatic rings. The number of fused-ring (bicyclic) bond motifs is 1. The zero-order valence-electron chi connectivity index (χ0n) is 12.5. The van der Waals surface area contributed by atoms with Crippen molar-refractivity contribution in [2.24, 2.45) is 7.05 Å². The number of benzene rings is 1. The first-order valence-corrected chi connectivity index (χ1v) is 6.94. The zero-order valence-corrected chi connectivity index (χ0v) is 12.5. The molecule has 0 spiro atoms. The fourth-order valence-electron chi connectivity index (χ4n) is 2.59. The molecule has 0 atom stereocenters. The van der Waals surface area contributed by atoms with E-state index < -0.39 is 0 Å². The first-order valence-electron chi connectivity index (χ1n) is 6.94. The van der Waals surface area contributed by atoms with Crippen molar-refractivity contribution in [1.29, 1.82) is 0 Å². The summed E-state index contributed by atoms with van der Waals surface area (Å²) in [6.07, 6.45) is 1.79. The Labute approximate surface area is 123 Å². The SMILES string of the molecule is Cc1nn(C)c(C)c1CNc1ccc(N)c2cccnc12. The highest BCUT2D eigenvalue weighted by Gasteiger charge is 2.10. The number of nitrogens with two attached hydrogens (primary N) is 1. The van der Waals surface area contributed by atoms with Gasteiger partial charge in [-0.25, -0.2) is 0 Å². The predicted octanol–water partition coefficient (Wildman–Crippen LogP) is 2.78. The summed E-state index contributed by atoms with van der Waals surface area (Å²) < 4.78 is 1.91. The molecule has 0 unspecified atom stereocenters. The molecule has 3 aromatic rings. The van der Waals surface area contributed by atoms with E-state index in [0.717, 1.165) is 34.5 Å². The van der Waals surface area contributed by atoms with Crippen LogP contribution >= 0.6 is 0 Å². The van der Waals surface area contributed by atoms with Gasteiger partial charge < -0.3 is 11.1 Å². The Kier molecular flexibility index (Phi) is 3.25. The average Bonchev–Trinajstić information content (AvgIpc) is 2.72. The first-order chi connectivity index (χ1) is 10.1. The van der Waals surface area contributed by atoms with Gasteiger partial charge in [-0.2, -0.15) is 5.10 Å². The molecular formula is C16H19N5. The second kappa shape index (κ2) is 5.09. The Morgan fingerprint density at radius 2 is 2.05 bits per heavy atom. The van der Waals surface area contributed by atoms with Gasteiger partial charge in [-0.3, -0.25) is 9.67 Å². The Bertz CT molecular complexity index is 804. The highest BCUT2D eigenvalue weighted by molar-refractivity contribution is 5.98. The highest BCUT2D eigenvalue weighted by atomic mass is 15.3. The van der Waals surface area contributed by atoms with Crippen LogP contribution in [0.2, 0.25) is 0 Å². The number of rotatable bonds is 3. The Balaban J connectivity index is 1.94. The molecule has 0 fully saturated rings. The van der Waals surface area contributed by atoms with E-state index in [-0.39, 0.29) is 0 Å². The third-order valence-electron chi connectivity index (χ3n) is 3.92. The minimum absolute atomic E-state index is 0.723. The maximum Gasteiger partial charge on any atom is 0.0953 e. The minimum atomic E-state index is 0.723. The number of hydrogen-bond donors (Lipinski definition) is 2. The summed E-state index contributed by atoms with van der Waals surface area (Å²) >= 11 is 0. The van der Waals surface area contributed by atoms with E-state index in [0.29, 0.717) is 0 Å². The normalized spacial score (nSPS) is 11.0. The molecular weight excluding hydrogens is 262 g/mol. The smallest absolute Gasteiger partial charge is 0.0953 e. The maximum absolute atomic E-state index is 6.00. The number of nitrogen functional groups attached to an aromatic ring is 1. The predicted molar refractivity (Wildman–Crippen MR) is 86.2 cm³/mol. The van der Waals surface area contributed by atoms with Crippen LogP contribution in [-0.4, -0.2) is 14.8 Å². The van der Waals surface area contributed by atoms with Crippen LogP contribution in [0.1, 0.15) is 17.0 Å². The summed E-state index contributed by atoms with van der Waals surface area (Å²) in [5, 5.41) is 8.87. The fraction of sp³-hybridized carbons (Fsp3) is 0.250. The molecule has 2 heterocycles. The first kappa shape index (κ1) is 13.4. The molecule has 3 N–H and O–H groups in total. The van der Waals surface area contributed by atoms with E-state index in [1.807, 2.05) is 42.9 Å². The summed E-state index contributed by atoms with van der Waals surface area (Å²) in [5.41, 5.74) is 12.1. The van der Waals surface area contributed by atoms with Crippen molar-refractivity contribution in [3.05, 3.63) is 47.4 Å². The van der Waals surface area contributed by atoms with Gasteiger partial charge >= 0.3 is 0 Å². The van der Waals surface area contributed by atoms with E-state index in [4.69, 9.17) is 5.73 Å². The van der Waals surface area contributed by atoms with E-state index in [1.165, 1.54) is 11.3 Å². The molecule has 0 radical (unpaired) electrons. The summed E-state index contributed by atoms with van der Waals surface area (Å²) in [5.74, 6) is 0. The lowest BCUT2D eigenvalue weighted by atomic mass is 10.1. The number of anilines is 2. The number of nitrogens with one attached hydrogen (secondary N) is 1. The third-order valence-corrected chi connectivity index (χ3v) is 3.92. The Morgan fingerprint density at radius 3 is 2.76 bits per heavy atom. The van der Waals surface area contributed by atoms with Gasteiger partial charge in [0.2, 0.25) is 0 Å². The number of hydrogen-bond acceptors (Lipinski definition) is 4. The number of nitrogens with zero attached hydrogens (tertiary/aromatic N) is 3. The molecule has 5 nitrogen and oxygen atoms in total. The lowest BCUT2D eigenvalue weighted by Crippen LogP contribution is -2.04. The second-order valence-electron chi connectivity index (χ2n) is 5.23. The van der Waals surface area contributed by atoms with Crippen molar-refractivity contribution in [2.75, 3.05) is 11.1 Å². The number of pyridine rings is 1. The fourth-order valence-corrected chi connectivity index (χ4v) is 2.59. The quantitative estimate of drug-likeness (QED) is 0.724. The largest absolute Gasteiger partial charge is 0.398 e. The molecule has 0 aliphatic heterocycles. The van der Waals surface area contributed by atoms with Crippen molar-refractivity contribution in [3.8, 4) is 0 Å². The van der Waals surface area contributed by atoms with Crippen LogP contribution in [0.5, 0.6) is 0 Å². The van der Waals surface area contributed by atoms with Crippen molar-refractivity contribution in [2.45, 2.75) is 20.4 Å². The molecule has 0 bridgehead atoms. The summed E-state index contributed by atoms with van der Waals surface area (Å²) in [6, 6.07) is 7.78. The number of aryl methyl sites for hydroxylation is 2. The molecule has 5 heteroatoms. The van der Waals surface area contributed by atoms with Gasteiger partial charge in [0.05, 0.1) is 16.9 Å². The maximum atomic E-state index is 6.00. The Hall–Kier alpha value is -2.56. The molecule has 21 heavy (non-hydrogen) atoms. The zero-order chi connectivity index (χ0) is 15.0. The number of aromatic nitrogens is 3. The molecule has 108 valence electrons. The molecule has 0 saturated heterocycles. The minimum Gasteiger partial charge on any atom is -0.398 e. The molecule has 0 amide bonds. The lowest BCUT2D eigenvalue weighted by molar-refractivity contribution is 0.730.